The van der Waals surface area contributed by atoms with Crippen molar-refractivity contribution >= 4 is 56.8 Å². The Morgan fingerprint density at radius 2 is 1.70 bits per heavy atom. The van der Waals surface area contributed by atoms with Gasteiger partial charge in [-0.25, -0.2) is 0 Å². The molecule has 0 saturated carbocycles. The number of rotatable bonds is 9. The van der Waals surface area contributed by atoms with E-state index >= 15 is 0 Å². The van der Waals surface area contributed by atoms with Crippen molar-refractivity contribution in [1.82, 2.24) is 0 Å². The number of nitrogens with zero attached hydrogens (tertiary/aromatic N) is 1. The second-order valence-electron chi connectivity index (χ2n) is 9.06. The summed E-state index contributed by atoms with van der Waals surface area (Å²) in [7, 11) is 0. The minimum Gasteiger partial charge on any atom is -0.489 e. The zero-order chi connectivity index (χ0) is 28.6. The minimum absolute atomic E-state index is 0.0631. The molecule has 40 heavy (non-hydrogen) atoms. The van der Waals surface area contributed by atoms with Gasteiger partial charge in [-0.1, -0.05) is 63.4 Å². The van der Waals surface area contributed by atoms with Crippen LogP contribution in [-0.2, 0) is 18.0 Å². The maximum Gasteiger partial charge on any atom is 0.266 e. The number of aryl methyl sites for hydroxylation is 2. The quantitative estimate of drug-likeness (QED) is 0.147. The third-order valence-corrected chi connectivity index (χ3v) is 7.20. The molecule has 0 radical (unpaired) electrons. The fourth-order valence-electron chi connectivity index (χ4n) is 3.75. The van der Waals surface area contributed by atoms with Crippen molar-refractivity contribution < 1.29 is 14.3 Å². The van der Waals surface area contributed by atoms with Crippen molar-refractivity contribution in [2.24, 2.45) is 0 Å². The number of amides is 1. The Morgan fingerprint density at radius 1 is 0.925 bits per heavy atom. The SMILES string of the molecule is Cc1ccc(COc2ccc(Br)cc2/C=C(\C#N)C(=O)Nc2ccc(OCc3ccc(Cl)cc3Cl)cc2)cc1C. The first-order valence-corrected chi connectivity index (χ1v) is 13.8. The first-order chi connectivity index (χ1) is 19.2. The number of carbonyl (C=O) groups excluding carboxylic acids is 1. The van der Waals surface area contributed by atoms with E-state index in [-0.39, 0.29) is 12.2 Å². The summed E-state index contributed by atoms with van der Waals surface area (Å²) in [5.74, 6) is 0.619. The number of halogens is 3. The van der Waals surface area contributed by atoms with Crippen molar-refractivity contribution in [3.8, 4) is 17.6 Å². The number of benzene rings is 4. The van der Waals surface area contributed by atoms with E-state index in [2.05, 4.69) is 47.2 Å². The third-order valence-electron chi connectivity index (χ3n) is 6.12. The average Bonchev–Trinajstić information content (AvgIpc) is 2.93. The fraction of sp³-hybridized carbons (Fsp3) is 0.125. The number of hydrogen-bond acceptors (Lipinski definition) is 4. The molecule has 0 fully saturated rings. The van der Waals surface area contributed by atoms with E-state index < -0.39 is 5.91 Å². The van der Waals surface area contributed by atoms with E-state index in [0.717, 1.165) is 15.6 Å². The molecule has 4 rings (SSSR count). The number of nitrogens with one attached hydrogen (secondary N) is 1. The maximum atomic E-state index is 12.9. The van der Waals surface area contributed by atoms with Gasteiger partial charge in [0.2, 0.25) is 0 Å². The van der Waals surface area contributed by atoms with Crippen LogP contribution < -0.4 is 14.8 Å². The van der Waals surface area contributed by atoms with Crippen LogP contribution in [0.3, 0.4) is 0 Å². The zero-order valence-corrected chi connectivity index (χ0v) is 24.9. The normalized spacial score (nSPS) is 11.1. The Labute approximate surface area is 252 Å². The second-order valence-corrected chi connectivity index (χ2v) is 10.8. The first-order valence-electron chi connectivity index (χ1n) is 12.3. The van der Waals surface area contributed by atoms with Crippen molar-refractivity contribution in [3.63, 3.8) is 0 Å². The van der Waals surface area contributed by atoms with E-state index in [1.165, 1.54) is 17.2 Å². The molecule has 4 aromatic carbocycles. The largest absolute Gasteiger partial charge is 0.489 e. The molecular formula is C32H25BrCl2N2O3. The molecule has 0 aliphatic heterocycles. The van der Waals surface area contributed by atoms with Gasteiger partial charge in [0.25, 0.3) is 5.91 Å². The molecular weight excluding hydrogens is 611 g/mol. The van der Waals surface area contributed by atoms with Gasteiger partial charge in [0.1, 0.15) is 36.4 Å². The summed E-state index contributed by atoms with van der Waals surface area (Å²) in [6.07, 6.45) is 1.52. The summed E-state index contributed by atoms with van der Waals surface area (Å²) in [6, 6.07) is 25.7. The van der Waals surface area contributed by atoms with E-state index in [4.69, 9.17) is 32.7 Å². The minimum atomic E-state index is -0.538. The highest BCUT2D eigenvalue weighted by atomic mass is 79.9. The molecule has 202 valence electrons. The molecule has 0 aliphatic carbocycles. The molecule has 0 bridgehead atoms. The Bertz CT molecular complexity index is 1610. The summed E-state index contributed by atoms with van der Waals surface area (Å²) < 4.78 is 12.6. The Balaban J connectivity index is 1.43. The van der Waals surface area contributed by atoms with E-state index in [1.54, 1.807) is 54.6 Å². The molecule has 0 heterocycles. The number of hydrogen-bond donors (Lipinski definition) is 1. The summed E-state index contributed by atoms with van der Waals surface area (Å²) in [6.45, 7) is 4.75. The van der Waals surface area contributed by atoms with Gasteiger partial charge in [0, 0.05) is 31.3 Å². The number of anilines is 1. The predicted octanol–water partition coefficient (Wildman–Crippen LogP) is 9.08. The van der Waals surface area contributed by atoms with Crippen LogP contribution in [-0.4, -0.2) is 5.91 Å². The smallest absolute Gasteiger partial charge is 0.266 e. The molecule has 1 N–H and O–H groups in total. The molecule has 0 saturated heterocycles. The van der Waals surface area contributed by atoms with Gasteiger partial charge in [0.15, 0.2) is 0 Å². The number of ether oxygens (including phenoxy) is 2. The molecule has 4 aromatic rings. The van der Waals surface area contributed by atoms with Gasteiger partial charge >= 0.3 is 0 Å². The third kappa shape index (κ3) is 7.89. The van der Waals surface area contributed by atoms with E-state index in [0.29, 0.717) is 39.4 Å². The van der Waals surface area contributed by atoms with Crippen LogP contribution >= 0.6 is 39.1 Å². The standard InChI is InChI=1S/C32H25BrCl2N2O3/c1-20-3-4-22(13-21(20)2)18-40-31-12-6-26(33)15-24(31)14-25(17-36)32(38)37-28-8-10-29(11-9-28)39-19-23-5-7-27(34)16-30(23)35/h3-16H,18-19H2,1-2H3,(H,37,38)/b25-14+. The lowest BCUT2D eigenvalue weighted by atomic mass is 10.1. The highest BCUT2D eigenvalue weighted by Crippen LogP contribution is 2.28. The van der Waals surface area contributed by atoms with Crippen LogP contribution in [0.2, 0.25) is 10.0 Å². The molecule has 0 spiro atoms. The maximum absolute atomic E-state index is 12.9. The van der Waals surface area contributed by atoms with Crippen molar-refractivity contribution in [1.29, 1.82) is 5.26 Å². The van der Waals surface area contributed by atoms with Crippen molar-refractivity contribution in [2.75, 3.05) is 5.32 Å². The van der Waals surface area contributed by atoms with E-state index in [1.807, 2.05) is 18.2 Å². The van der Waals surface area contributed by atoms with Gasteiger partial charge in [-0.15, -0.1) is 0 Å². The number of carbonyl (C=O) groups is 1. The van der Waals surface area contributed by atoms with Gasteiger partial charge in [-0.05, 0) is 91.2 Å². The summed E-state index contributed by atoms with van der Waals surface area (Å²) in [5.41, 5.74) is 5.29. The van der Waals surface area contributed by atoms with Gasteiger partial charge < -0.3 is 14.8 Å². The molecule has 0 aromatic heterocycles. The molecule has 5 nitrogen and oxygen atoms in total. The molecule has 1 amide bonds. The van der Waals surface area contributed by atoms with Crippen molar-refractivity contribution in [2.45, 2.75) is 27.1 Å². The molecule has 0 atom stereocenters. The van der Waals surface area contributed by atoms with Crippen LogP contribution in [0.15, 0.2) is 88.9 Å². The van der Waals surface area contributed by atoms with E-state index in [9.17, 15) is 10.1 Å². The topological polar surface area (TPSA) is 71.3 Å². The average molecular weight is 636 g/mol. The second kappa shape index (κ2) is 13.5. The predicted molar refractivity (Wildman–Crippen MR) is 164 cm³/mol. The van der Waals surface area contributed by atoms with Crippen molar-refractivity contribution in [3.05, 3.63) is 127 Å². The highest BCUT2D eigenvalue weighted by Gasteiger charge is 2.13. The van der Waals surface area contributed by atoms with Crippen LogP contribution in [0.4, 0.5) is 5.69 Å². The Kier molecular flexibility index (Phi) is 9.89. The lowest BCUT2D eigenvalue weighted by Gasteiger charge is -2.12. The monoisotopic (exact) mass is 634 g/mol. The zero-order valence-electron chi connectivity index (χ0n) is 21.8. The fourth-order valence-corrected chi connectivity index (χ4v) is 4.60. The highest BCUT2D eigenvalue weighted by molar-refractivity contribution is 9.10. The summed E-state index contributed by atoms with van der Waals surface area (Å²) in [5, 5.41) is 13.6. The lowest BCUT2D eigenvalue weighted by Crippen LogP contribution is -2.13. The van der Waals surface area contributed by atoms with Crippen LogP contribution in [0, 0.1) is 25.2 Å². The van der Waals surface area contributed by atoms with Gasteiger partial charge in [-0.2, -0.15) is 5.26 Å². The Hall–Kier alpha value is -3.76. The molecule has 8 heteroatoms. The van der Waals surface area contributed by atoms with Gasteiger partial charge in [-0.3, -0.25) is 4.79 Å². The summed E-state index contributed by atoms with van der Waals surface area (Å²) in [4.78, 5) is 12.9. The Morgan fingerprint density at radius 3 is 2.40 bits per heavy atom. The van der Waals surface area contributed by atoms with Crippen LogP contribution in [0.25, 0.3) is 6.08 Å². The lowest BCUT2D eigenvalue weighted by molar-refractivity contribution is -0.112. The van der Waals surface area contributed by atoms with Crippen LogP contribution in [0.1, 0.15) is 27.8 Å². The molecule has 0 aliphatic rings. The van der Waals surface area contributed by atoms with Crippen LogP contribution in [0.5, 0.6) is 11.5 Å². The first kappa shape index (κ1) is 29.2. The molecule has 0 unspecified atom stereocenters. The van der Waals surface area contributed by atoms with Gasteiger partial charge in [0.05, 0.1) is 0 Å². The summed E-state index contributed by atoms with van der Waals surface area (Å²) >= 11 is 15.6. The number of nitriles is 1.